The molecule has 0 unspecified atom stereocenters. The van der Waals surface area contributed by atoms with Crippen molar-refractivity contribution >= 4 is 23.1 Å². The second-order valence-electron chi connectivity index (χ2n) is 4.54. The van der Waals surface area contributed by atoms with Gasteiger partial charge in [0.25, 0.3) is 0 Å². The Balaban J connectivity index is 2.25. The molecule has 0 atom stereocenters. The Labute approximate surface area is 113 Å². The zero-order valence-corrected chi connectivity index (χ0v) is 11.7. The van der Waals surface area contributed by atoms with Crippen molar-refractivity contribution in [2.75, 3.05) is 36.7 Å². The van der Waals surface area contributed by atoms with Crippen LogP contribution in [0.3, 0.4) is 0 Å². The number of nitrogens with zero attached hydrogens (tertiary/aromatic N) is 3. The van der Waals surface area contributed by atoms with Gasteiger partial charge in [0.1, 0.15) is 5.82 Å². The Hall–Kier alpha value is -2.30. The van der Waals surface area contributed by atoms with E-state index in [1.807, 2.05) is 46.3 Å². The minimum absolute atomic E-state index is 0.617. The van der Waals surface area contributed by atoms with Crippen LogP contribution in [0.25, 0.3) is 0 Å². The molecule has 2 rings (SSSR count). The van der Waals surface area contributed by atoms with E-state index in [4.69, 9.17) is 0 Å². The Morgan fingerprint density at radius 1 is 1.11 bits per heavy atom. The first-order chi connectivity index (χ1) is 9.08. The van der Waals surface area contributed by atoms with Gasteiger partial charge in [-0.3, -0.25) is 0 Å². The van der Waals surface area contributed by atoms with Crippen LogP contribution in [0.1, 0.15) is 5.69 Å². The second kappa shape index (κ2) is 5.56. The summed E-state index contributed by atoms with van der Waals surface area (Å²) in [6.07, 6.45) is 0. The summed E-state index contributed by atoms with van der Waals surface area (Å²) in [5.41, 5.74) is 3.07. The minimum Gasteiger partial charge on any atom is -0.378 e. The van der Waals surface area contributed by atoms with Crippen LogP contribution in [-0.4, -0.2) is 31.1 Å². The van der Waals surface area contributed by atoms with Crippen molar-refractivity contribution in [3.05, 3.63) is 36.0 Å². The molecule has 100 valence electrons. The van der Waals surface area contributed by atoms with E-state index in [1.54, 1.807) is 0 Å². The lowest BCUT2D eigenvalue weighted by molar-refractivity contribution is 1.10. The molecule has 0 amide bonds. The van der Waals surface area contributed by atoms with Crippen LogP contribution >= 0.6 is 0 Å². The van der Waals surface area contributed by atoms with Gasteiger partial charge >= 0.3 is 0 Å². The van der Waals surface area contributed by atoms with Crippen LogP contribution in [0.4, 0.5) is 23.1 Å². The summed E-state index contributed by atoms with van der Waals surface area (Å²) in [6, 6.07) is 10.1. The molecular weight excluding hydrogens is 238 g/mol. The van der Waals surface area contributed by atoms with E-state index in [-0.39, 0.29) is 0 Å². The van der Waals surface area contributed by atoms with Crippen molar-refractivity contribution in [1.82, 2.24) is 9.97 Å². The summed E-state index contributed by atoms with van der Waals surface area (Å²) < 4.78 is 0. The molecule has 0 saturated carbocycles. The van der Waals surface area contributed by atoms with Crippen LogP contribution in [0.2, 0.25) is 0 Å². The van der Waals surface area contributed by atoms with Crippen molar-refractivity contribution in [1.29, 1.82) is 0 Å². The molecule has 1 aromatic carbocycles. The summed E-state index contributed by atoms with van der Waals surface area (Å²) in [6.45, 7) is 1.95. The number of hydrogen-bond donors (Lipinski definition) is 2. The van der Waals surface area contributed by atoms with Crippen molar-refractivity contribution in [3.63, 3.8) is 0 Å². The number of rotatable bonds is 4. The summed E-state index contributed by atoms with van der Waals surface area (Å²) >= 11 is 0. The van der Waals surface area contributed by atoms with Gasteiger partial charge in [0.2, 0.25) is 5.95 Å². The van der Waals surface area contributed by atoms with Gasteiger partial charge in [-0.05, 0) is 25.1 Å². The van der Waals surface area contributed by atoms with E-state index < -0.39 is 0 Å². The molecule has 0 spiro atoms. The van der Waals surface area contributed by atoms with Crippen molar-refractivity contribution in [3.8, 4) is 0 Å². The maximum Gasteiger partial charge on any atom is 0.224 e. The van der Waals surface area contributed by atoms with Gasteiger partial charge in [-0.25, -0.2) is 4.98 Å². The highest BCUT2D eigenvalue weighted by Crippen LogP contribution is 2.21. The first-order valence-corrected chi connectivity index (χ1v) is 6.16. The highest BCUT2D eigenvalue weighted by atomic mass is 15.1. The molecule has 0 aliphatic rings. The Kier molecular flexibility index (Phi) is 3.85. The Morgan fingerprint density at radius 2 is 1.89 bits per heavy atom. The fourth-order valence-electron chi connectivity index (χ4n) is 1.75. The van der Waals surface area contributed by atoms with Crippen LogP contribution < -0.4 is 15.5 Å². The van der Waals surface area contributed by atoms with E-state index >= 15 is 0 Å². The van der Waals surface area contributed by atoms with Gasteiger partial charge < -0.3 is 15.5 Å². The average Bonchev–Trinajstić information content (AvgIpc) is 2.38. The molecule has 0 aliphatic carbocycles. The number of benzene rings is 1. The first kappa shape index (κ1) is 13.1. The fourth-order valence-corrected chi connectivity index (χ4v) is 1.75. The highest BCUT2D eigenvalue weighted by molar-refractivity contribution is 5.63. The predicted octanol–water partition coefficient (Wildman–Crippen LogP) is 2.64. The van der Waals surface area contributed by atoms with E-state index in [1.165, 1.54) is 0 Å². The molecule has 0 bridgehead atoms. The molecule has 0 radical (unpaired) electrons. The van der Waals surface area contributed by atoms with E-state index in [9.17, 15) is 0 Å². The Morgan fingerprint density at radius 3 is 2.58 bits per heavy atom. The van der Waals surface area contributed by atoms with Crippen molar-refractivity contribution in [2.45, 2.75) is 6.92 Å². The fraction of sp³-hybridized carbons (Fsp3) is 0.286. The van der Waals surface area contributed by atoms with Gasteiger partial charge in [0.15, 0.2) is 0 Å². The largest absolute Gasteiger partial charge is 0.378 e. The molecular formula is C14H19N5. The third kappa shape index (κ3) is 3.34. The summed E-state index contributed by atoms with van der Waals surface area (Å²) in [5.74, 6) is 1.40. The van der Waals surface area contributed by atoms with Crippen LogP contribution in [-0.2, 0) is 0 Å². The average molecular weight is 257 g/mol. The van der Waals surface area contributed by atoms with Crippen LogP contribution in [0.5, 0.6) is 0 Å². The third-order valence-electron chi connectivity index (χ3n) is 2.71. The zero-order valence-electron chi connectivity index (χ0n) is 11.7. The number of hydrogen-bond acceptors (Lipinski definition) is 5. The summed E-state index contributed by atoms with van der Waals surface area (Å²) in [5, 5.41) is 6.25. The molecule has 1 aromatic heterocycles. The number of anilines is 4. The van der Waals surface area contributed by atoms with Gasteiger partial charge in [-0.15, -0.1) is 0 Å². The second-order valence-corrected chi connectivity index (χ2v) is 4.54. The maximum absolute atomic E-state index is 4.37. The lowest BCUT2D eigenvalue weighted by Crippen LogP contribution is -2.08. The van der Waals surface area contributed by atoms with Crippen molar-refractivity contribution < 1.29 is 0 Å². The van der Waals surface area contributed by atoms with Gasteiger partial charge in [0.05, 0.1) is 0 Å². The molecule has 5 heteroatoms. The SMILES string of the molecule is CNc1nc(C)cc(Nc2cccc(N(C)C)c2)n1. The highest BCUT2D eigenvalue weighted by Gasteiger charge is 2.02. The Bertz CT molecular complexity index is 566. The number of nitrogens with one attached hydrogen (secondary N) is 2. The number of aryl methyl sites for hydroxylation is 1. The maximum atomic E-state index is 4.37. The molecule has 2 aromatic rings. The topological polar surface area (TPSA) is 53.1 Å². The van der Waals surface area contributed by atoms with Gasteiger partial charge in [-0.1, -0.05) is 6.07 Å². The van der Waals surface area contributed by atoms with E-state index in [2.05, 4.69) is 37.6 Å². The number of aromatic nitrogens is 2. The predicted molar refractivity (Wildman–Crippen MR) is 80.4 cm³/mol. The normalized spacial score (nSPS) is 10.1. The van der Waals surface area contributed by atoms with Crippen LogP contribution in [0, 0.1) is 6.92 Å². The van der Waals surface area contributed by atoms with Crippen LogP contribution in [0.15, 0.2) is 30.3 Å². The lowest BCUT2D eigenvalue weighted by atomic mass is 10.2. The molecule has 19 heavy (non-hydrogen) atoms. The summed E-state index contributed by atoms with van der Waals surface area (Å²) in [7, 11) is 5.85. The monoisotopic (exact) mass is 257 g/mol. The minimum atomic E-state index is 0.617. The molecule has 1 heterocycles. The van der Waals surface area contributed by atoms with E-state index in [0.717, 1.165) is 22.9 Å². The smallest absolute Gasteiger partial charge is 0.224 e. The molecule has 0 aliphatic heterocycles. The molecule has 2 N–H and O–H groups in total. The molecule has 0 saturated heterocycles. The molecule has 5 nitrogen and oxygen atoms in total. The molecule has 0 fully saturated rings. The van der Waals surface area contributed by atoms with Gasteiger partial charge in [-0.2, -0.15) is 4.98 Å². The first-order valence-electron chi connectivity index (χ1n) is 6.16. The third-order valence-corrected chi connectivity index (χ3v) is 2.71. The van der Waals surface area contributed by atoms with E-state index in [0.29, 0.717) is 5.95 Å². The quantitative estimate of drug-likeness (QED) is 0.882. The zero-order chi connectivity index (χ0) is 13.8. The van der Waals surface area contributed by atoms with Crippen molar-refractivity contribution in [2.24, 2.45) is 0 Å². The lowest BCUT2D eigenvalue weighted by Gasteiger charge is -2.14. The van der Waals surface area contributed by atoms with Gasteiger partial charge in [0, 0.05) is 44.3 Å². The standard InChI is InChI=1S/C14H19N5/c1-10-8-13(18-14(15-2)16-10)17-11-6-5-7-12(9-11)19(3)4/h5-9H,1-4H3,(H2,15,16,17,18). The summed E-state index contributed by atoms with van der Waals surface area (Å²) in [4.78, 5) is 10.7.